The minimum atomic E-state index is -7.06. The molecule has 0 aromatic heterocycles. The van der Waals surface area contributed by atoms with Gasteiger partial charge in [-0.2, -0.15) is 57.1 Å². The summed E-state index contributed by atoms with van der Waals surface area (Å²) in [5.41, 5.74) is -15.1. The Hall–Kier alpha value is -1.52. The van der Waals surface area contributed by atoms with Gasteiger partial charge in [-0.1, -0.05) is 26.2 Å². The molecule has 0 spiro atoms. The molecule has 0 aromatic carbocycles. The van der Waals surface area contributed by atoms with Gasteiger partial charge in [0, 0.05) is 5.92 Å². The van der Waals surface area contributed by atoms with Crippen LogP contribution in [0.5, 0.6) is 0 Å². The first-order valence-electron chi connectivity index (χ1n) is 10.9. The molecule has 2 rings (SSSR count). The third-order valence-electron chi connectivity index (χ3n) is 7.40. The molecule has 0 bridgehead atoms. The lowest BCUT2D eigenvalue weighted by atomic mass is 9.64. The topological polar surface area (TPSA) is 55.8 Å². The Morgan fingerprint density at radius 2 is 1.35 bits per heavy atom. The second kappa shape index (κ2) is 8.74. The summed E-state index contributed by atoms with van der Waals surface area (Å²) in [6, 6.07) is 0. The van der Waals surface area contributed by atoms with Crippen molar-refractivity contribution in [3.05, 3.63) is 0 Å². The molecule has 0 aromatic rings. The summed E-state index contributed by atoms with van der Waals surface area (Å²) in [6.07, 6.45) is -23.2. The zero-order valence-electron chi connectivity index (χ0n) is 19.4. The minimum absolute atomic E-state index is 0.0920. The Morgan fingerprint density at radius 3 is 1.70 bits per heavy atom. The molecule has 0 radical (unpaired) electrons. The van der Waals surface area contributed by atoms with E-state index in [0.717, 1.165) is 0 Å². The molecular weight excluding hydrogens is 551 g/mol. The van der Waals surface area contributed by atoms with Crippen molar-refractivity contribution in [2.24, 2.45) is 11.3 Å². The number of carbonyl (C=O) groups excluding carboxylic acids is 1. The van der Waals surface area contributed by atoms with E-state index in [2.05, 4.69) is 9.47 Å². The molecule has 1 saturated heterocycles. The summed E-state index contributed by atoms with van der Waals surface area (Å²) >= 11 is 0. The average molecular weight is 574 g/mol. The molecule has 4 unspecified atom stereocenters. The largest absolute Gasteiger partial charge is 0.462 e. The third-order valence-corrected chi connectivity index (χ3v) is 7.40. The van der Waals surface area contributed by atoms with Crippen LogP contribution in [0.4, 0.5) is 57.1 Å². The van der Waals surface area contributed by atoms with Gasteiger partial charge in [-0.3, -0.25) is 4.79 Å². The third kappa shape index (κ3) is 3.99. The van der Waals surface area contributed by atoms with Crippen molar-refractivity contribution in [2.75, 3.05) is 0 Å². The quantitative estimate of drug-likeness (QED) is 0.300. The van der Waals surface area contributed by atoms with Gasteiger partial charge in [0.2, 0.25) is 5.60 Å². The van der Waals surface area contributed by atoms with E-state index in [1.807, 2.05) is 0 Å². The monoisotopic (exact) mass is 574 g/mol. The highest BCUT2D eigenvalue weighted by atomic mass is 19.4. The standard InChI is InChI=1S/C20H23F13O4/c1-4-12(2,18(25,26)27)11(34)36-17(20(31,32)33)16(23,24)13(3,35)15(21,22)14(37-17,19(28,29)30)10-8-6-5-7-9-10/h10,35H,4-9H2,1-3H3. The van der Waals surface area contributed by atoms with E-state index in [4.69, 9.17) is 0 Å². The van der Waals surface area contributed by atoms with E-state index < -0.39 is 90.9 Å². The molecule has 2 fully saturated rings. The Morgan fingerprint density at radius 1 is 0.892 bits per heavy atom. The molecule has 1 aliphatic carbocycles. The Kier molecular flexibility index (Phi) is 7.49. The first-order chi connectivity index (χ1) is 16.3. The van der Waals surface area contributed by atoms with E-state index in [1.54, 1.807) is 0 Å². The predicted molar refractivity (Wildman–Crippen MR) is 96.3 cm³/mol. The zero-order valence-corrected chi connectivity index (χ0v) is 19.4. The van der Waals surface area contributed by atoms with Crippen molar-refractivity contribution in [1.29, 1.82) is 0 Å². The molecule has 1 heterocycles. The number of halogens is 13. The van der Waals surface area contributed by atoms with Crippen LogP contribution >= 0.6 is 0 Å². The van der Waals surface area contributed by atoms with E-state index in [-0.39, 0.29) is 26.2 Å². The molecule has 1 saturated carbocycles. The van der Waals surface area contributed by atoms with Crippen molar-refractivity contribution >= 4 is 5.97 Å². The molecule has 1 aliphatic heterocycles. The van der Waals surface area contributed by atoms with Gasteiger partial charge in [0.15, 0.2) is 11.0 Å². The number of carbonyl (C=O) groups is 1. The van der Waals surface area contributed by atoms with E-state index in [0.29, 0.717) is 6.92 Å². The molecule has 37 heavy (non-hydrogen) atoms. The number of aliphatic hydroxyl groups is 1. The maximum absolute atomic E-state index is 15.4. The molecule has 1 N–H and O–H groups in total. The molecular formula is C20H23F13O4. The first kappa shape index (κ1) is 31.7. The normalized spacial score (nSPS) is 35.1. The molecule has 0 amide bonds. The van der Waals surface area contributed by atoms with E-state index >= 15 is 17.6 Å². The van der Waals surface area contributed by atoms with Gasteiger partial charge in [-0.05, 0) is 33.1 Å². The summed E-state index contributed by atoms with van der Waals surface area (Å²) in [5, 5.41) is 10.1. The summed E-state index contributed by atoms with van der Waals surface area (Å²) in [5.74, 6) is -25.1. The summed E-state index contributed by atoms with van der Waals surface area (Å²) in [4.78, 5) is 12.4. The van der Waals surface area contributed by atoms with E-state index in [9.17, 15) is 49.4 Å². The summed E-state index contributed by atoms with van der Waals surface area (Å²) in [6.45, 7) is -0.275. The maximum Gasteiger partial charge on any atom is 0.462 e. The Balaban J connectivity index is 2.99. The highest BCUT2D eigenvalue weighted by Crippen LogP contribution is 2.69. The average Bonchev–Trinajstić information content (AvgIpc) is 2.72. The van der Waals surface area contributed by atoms with Gasteiger partial charge in [0.1, 0.15) is 0 Å². The van der Waals surface area contributed by atoms with Gasteiger partial charge in [0.05, 0.1) is 0 Å². The van der Waals surface area contributed by atoms with Crippen LogP contribution in [0.15, 0.2) is 0 Å². The number of hydrogen-bond acceptors (Lipinski definition) is 4. The second-order valence-corrected chi connectivity index (χ2v) is 9.58. The van der Waals surface area contributed by atoms with Crippen LogP contribution < -0.4 is 0 Å². The van der Waals surface area contributed by atoms with Crippen molar-refractivity contribution < 1.29 is 76.5 Å². The molecule has 2 aliphatic rings. The lowest BCUT2D eigenvalue weighted by molar-refractivity contribution is -0.563. The van der Waals surface area contributed by atoms with Crippen LogP contribution in [-0.4, -0.2) is 58.4 Å². The van der Waals surface area contributed by atoms with Gasteiger partial charge >= 0.3 is 42.1 Å². The Labute approximate surface area is 201 Å². The van der Waals surface area contributed by atoms with Gasteiger partial charge in [-0.25, -0.2) is 0 Å². The fraction of sp³-hybridized carbons (Fsp3) is 0.950. The minimum Gasteiger partial charge on any atom is -0.417 e. The SMILES string of the molecule is CCC(C)(C(=O)OC1(C(F)(F)F)OC(C2CCCCC2)(C(F)(F)F)C(F)(F)C(C)(O)C1(F)F)C(F)(F)F. The second-order valence-electron chi connectivity index (χ2n) is 9.58. The number of hydrogen-bond donors (Lipinski definition) is 1. The van der Waals surface area contributed by atoms with Gasteiger partial charge in [0.25, 0.3) is 0 Å². The first-order valence-corrected chi connectivity index (χ1v) is 10.9. The zero-order chi connectivity index (χ0) is 29.3. The summed E-state index contributed by atoms with van der Waals surface area (Å²) < 4.78 is 195. The van der Waals surface area contributed by atoms with Crippen LogP contribution in [0.2, 0.25) is 0 Å². The van der Waals surface area contributed by atoms with Crippen LogP contribution in [-0.2, 0) is 14.3 Å². The smallest absolute Gasteiger partial charge is 0.417 e. The van der Waals surface area contributed by atoms with Crippen LogP contribution in [0, 0.1) is 11.3 Å². The lowest BCUT2D eigenvalue weighted by Gasteiger charge is -2.61. The fourth-order valence-electron chi connectivity index (χ4n) is 4.63. The lowest BCUT2D eigenvalue weighted by Crippen LogP contribution is -2.88. The molecule has 218 valence electrons. The summed E-state index contributed by atoms with van der Waals surface area (Å²) in [7, 11) is 0. The fourth-order valence-corrected chi connectivity index (χ4v) is 4.63. The van der Waals surface area contributed by atoms with Crippen molar-refractivity contribution in [1.82, 2.24) is 0 Å². The molecule has 4 nitrogen and oxygen atoms in total. The number of rotatable bonds is 4. The Bertz CT molecular complexity index is 873. The number of alkyl halides is 13. The van der Waals surface area contributed by atoms with Crippen molar-refractivity contribution in [2.45, 2.75) is 107 Å². The van der Waals surface area contributed by atoms with Crippen LogP contribution in [0.25, 0.3) is 0 Å². The van der Waals surface area contributed by atoms with Gasteiger partial charge < -0.3 is 14.6 Å². The highest BCUT2D eigenvalue weighted by Gasteiger charge is 2.97. The molecule has 4 atom stereocenters. The van der Waals surface area contributed by atoms with Crippen molar-refractivity contribution in [3.8, 4) is 0 Å². The van der Waals surface area contributed by atoms with Gasteiger partial charge in [-0.15, -0.1) is 0 Å². The number of ether oxygens (including phenoxy) is 2. The molecule has 17 heteroatoms. The van der Waals surface area contributed by atoms with Crippen LogP contribution in [0.3, 0.4) is 0 Å². The maximum atomic E-state index is 15.4. The highest BCUT2D eigenvalue weighted by molar-refractivity contribution is 5.78. The van der Waals surface area contributed by atoms with Crippen molar-refractivity contribution in [3.63, 3.8) is 0 Å². The predicted octanol–water partition coefficient (Wildman–Crippen LogP) is 6.70. The van der Waals surface area contributed by atoms with Crippen LogP contribution in [0.1, 0.15) is 59.3 Å². The van der Waals surface area contributed by atoms with E-state index in [1.165, 1.54) is 0 Å². The number of esters is 1.